The average Bonchev–Trinajstić information content (AvgIpc) is 2.47. The van der Waals surface area contributed by atoms with Gasteiger partial charge in [0.15, 0.2) is 0 Å². The van der Waals surface area contributed by atoms with Crippen LogP contribution in [0.5, 0.6) is 0 Å². The Morgan fingerprint density at radius 2 is 2.17 bits per heavy atom. The van der Waals surface area contributed by atoms with Crippen molar-refractivity contribution in [1.29, 1.82) is 0 Å². The van der Waals surface area contributed by atoms with Crippen molar-refractivity contribution in [3.63, 3.8) is 0 Å². The van der Waals surface area contributed by atoms with Crippen LogP contribution in [0.2, 0.25) is 0 Å². The van der Waals surface area contributed by atoms with Crippen LogP contribution in [-0.4, -0.2) is 18.4 Å². The molecule has 0 radical (unpaired) electrons. The van der Waals surface area contributed by atoms with Gasteiger partial charge in [-0.05, 0) is 25.0 Å². The summed E-state index contributed by atoms with van der Waals surface area (Å²) in [5.74, 6) is -1.65. The Morgan fingerprint density at radius 3 is 2.89 bits per heavy atom. The van der Waals surface area contributed by atoms with Crippen molar-refractivity contribution in [2.45, 2.75) is 32.5 Å². The normalized spacial score (nSPS) is 27.1. The average molecular weight is 252 g/mol. The highest BCUT2D eigenvalue weighted by Crippen LogP contribution is 2.27. The van der Waals surface area contributed by atoms with Crippen LogP contribution in [0, 0.1) is 5.92 Å². The molecule has 2 rings (SSSR count). The second-order valence-electron chi connectivity index (χ2n) is 4.97. The van der Waals surface area contributed by atoms with Gasteiger partial charge in [-0.1, -0.05) is 17.7 Å². The Bertz CT molecular complexity index is 432. The van der Waals surface area contributed by atoms with Crippen molar-refractivity contribution < 1.29 is 18.7 Å². The molecule has 0 saturated carbocycles. The number of rotatable bonds is 2. The standard InChI is InChI=1S/C14H17FO3/c1-14(2)17-9-11(13(16)18-14)8-10-4-3-5-12(15)7-6-10/h4-7,11H,3,8-9H2,1-2H3. The largest absolute Gasteiger partial charge is 0.433 e. The highest BCUT2D eigenvalue weighted by atomic mass is 19.1. The molecule has 0 aromatic rings. The number of ether oxygens (including phenoxy) is 2. The van der Waals surface area contributed by atoms with E-state index in [0.717, 1.165) is 5.57 Å². The first-order chi connectivity index (χ1) is 8.46. The lowest BCUT2D eigenvalue weighted by Gasteiger charge is -2.34. The van der Waals surface area contributed by atoms with Gasteiger partial charge in [0.1, 0.15) is 5.83 Å². The lowest BCUT2D eigenvalue weighted by Crippen LogP contribution is -2.42. The summed E-state index contributed by atoms with van der Waals surface area (Å²) in [4.78, 5) is 11.8. The van der Waals surface area contributed by atoms with Crippen molar-refractivity contribution in [3.05, 3.63) is 35.7 Å². The van der Waals surface area contributed by atoms with Crippen molar-refractivity contribution in [3.8, 4) is 0 Å². The minimum Gasteiger partial charge on any atom is -0.433 e. The van der Waals surface area contributed by atoms with Crippen molar-refractivity contribution in [2.75, 3.05) is 6.61 Å². The first-order valence-electron chi connectivity index (χ1n) is 6.06. The van der Waals surface area contributed by atoms with E-state index in [0.29, 0.717) is 19.4 Å². The highest BCUT2D eigenvalue weighted by molar-refractivity contribution is 5.74. The summed E-state index contributed by atoms with van der Waals surface area (Å²) < 4.78 is 23.6. The van der Waals surface area contributed by atoms with E-state index in [4.69, 9.17) is 9.47 Å². The fraction of sp³-hybridized carbons (Fsp3) is 0.500. The van der Waals surface area contributed by atoms with E-state index in [1.807, 2.05) is 6.08 Å². The Balaban J connectivity index is 1.97. The molecule has 1 heterocycles. The van der Waals surface area contributed by atoms with Crippen LogP contribution >= 0.6 is 0 Å². The molecule has 1 fully saturated rings. The third-order valence-corrected chi connectivity index (χ3v) is 2.94. The Morgan fingerprint density at radius 1 is 1.39 bits per heavy atom. The van der Waals surface area contributed by atoms with E-state index >= 15 is 0 Å². The zero-order valence-corrected chi connectivity index (χ0v) is 10.6. The van der Waals surface area contributed by atoms with Gasteiger partial charge in [0.05, 0.1) is 12.5 Å². The van der Waals surface area contributed by atoms with Gasteiger partial charge >= 0.3 is 5.97 Å². The Hall–Kier alpha value is -1.42. The predicted molar refractivity (Wildman–Crippen MR) is 65.3 cm³/mol. The molecule has 98 valence electrons. The molecule has 1 aliphatic carbocycles. The molecule has 0 amide bonds. The molecule has 0 N–H and O–H groups in total. The molecular formula is C14H17FO3. The number of carbonyl (C=O) groups excluding carboxylic acids is 1. The summed E-state index contributed by atoms with van der Waals surface area (Å²) >= 11 is 0. The summed E-state index contributed by atoms with van der Waals surface area (Å²) in [5, 5.41) is 0. The molecule has 4 heteroatoms. The van der Waals surface area contributed by atoms with Gasteiger partial charge in [-0.2, -0.15) is 0 Å². The number of carbonyl (C=O) groups is 1. The van der Waals surface area contributed by atoms with E-state index in [2.05, 4.69) is 0 Å². The molecule has 2 aliphatic rings. The van der Waals surface area contributed by atoms with Crippen LogP contribution < -0.4 is 0 Å². The lowest BCUT2D eigenvalue weighted by atomic mass is 9.98. The molecule has 18 heavy (non-hydrogen) atoms. The van der Waals surface area contributed by atoms with Crippen molar-refractivity contribution in [1.82, 2.24) is 0 Å². The number of hydrogen-bond acceptors (Lipinski definition) is 3. The van der Waals surface area contributed by atoms with E-state index < -0.39 is 5.79 Å². The maximum atomic E-state index is 13.0. The minimum absolute atomic E-state index is 0.246. The molecule has 1 aliphatic heterocycles. The third kappa shape index (κ3) is 3.29. The number of cyclic esters (lactones) is 1. The van der Waals surface area contributed by atoms with Gasteiger partial charge in [-0.25, -0.2) is 4.39 Å². The number of esters is 1. The molecule has 1 unspecified atom stereocenters. The zero-order valence-electron chi connectivity index (χ0n) is 10.6. The summed E-state index contributed by atoms with van der Waals surface area (Å²) in [5.41, 5.74) is 0.934. The molecule has 0 spiro atoms. The fourth-order valence-corrected chi connectivity index (χ4v) is 1.95. The summed E-state index contributed by atoms with van der Waals surface area (Å²) in [6.45, 7) is 3.77. The molecule has 1 atom stereocenters. The molecule has 0 aromatic heterocycles. The van der Waals surface area contributed by atoms with Gasteiger partial charge in [0.25, 0.3) is 0 Å². The van der Waals surface area contributed by atoms with Crippen LogP contribution in [0.25, 0.3) is 0 Å². The molecule has 0 bridgehead atoms. The first-order valence-corrected chi connectivity index (χ1v) is 6.06. The van der Waals surface area contributed by atoms with Crippen LogP contribution in [0.4, 0.5) is 4.39 Å². The molecule has 3 nitrogen and oxygen atoms in total. The Kier molecular flexibility index (Phi) is 3.66. The Labute approximate surface area is 106 Å². The van der Waals surface area contributed by atoms with Gasteiger partial charge in [-0.15, -0.1) is 0 Å². The van der Waals surface area contributed by atoms with Gasteiger partial charge in [0, 0.05) is 13.8 Å². The zero-order chi connectivity index (χ0) is 13.2. The van der Waals surface area contributed by atoms with Crippen LogP contribution in [0.15, 0.2) is 35.7 Å². The maximum Gasteiger partial charge on any atom is 0.314 e. The number of allylic oxidation sites excluding steroid dienone is 6. The summed E-state index contributed by atoms with van der Waals surface area (Å²) in [7, 11) is 0. The van der Waals surface area contributed by atoms with E-state index in [1.54, 1.807) is 19.9 Å². The van der Waals surface area contributed by atoms with Gasteiger partial charge < -0.3 is 9.47 Å². The van der Waals surface area contributed by atoms with Gasteiger partial charge in [0.2, 0.25) is 5.79 Å². The van der Waals surface area contributed by atoms with Crippen molar-refractivity contribution >= 4 is 5.97 Å². The highest BCUT2D eigenvalue weighted by Gasteiger charge is 2.35. The monoisotopic (exact) mass is 252 g/mol. The summed E-state index contributed by atoms with van der Waals surface area (Å²) in [6, 6.07) is 0. The van der Waals surface area contributed by atoms with Crippen molar-refractivity contribution in [2.24, 2.45) is 5.92 Å². The van der Waals surface area contributed by atoms with Gasteiger partial charge in [-0.3, -0.25) is 4.79 Å². The fourth-order valence-electron chi connectivity index (χ4n) is 1.95. The smallest absolute Gasteiger partial charge is 0.314 e. The van der Waals surface area contributed by atoms with Crippen LogP contribution in [-0.2, 0) is 14.3 Å². The molecule has 0 aromatic carbocycles. The van der Waals surface area contributed by atoms with Crippen LogP contribution in [0.3, 0.4) is 0 Å². The summed E-state index contributed by atoms with van der Waals surface area (Å²) in [6.07, 6.45) is 7.59. The second-order valence-corrected chi connectivity index (χ2v) is 4.97. The number of hydrogen-bond donors (Lipinski definition) is 0. The topological polar surface area (TPSA) is 35.5 Å². The molecular weight excluding hydrogens is 235 g/mol. The minimum atomic E-state index is -0.838. The third-order valence-electron chi connectivity index (χ3n) is 2.94. The quantitative estimate of drug-likeness (QED) is 0.709. The second kappa shape index (κ2) is 5.06. The number of halogens is 1. The maximum absolute atomic E-state index is 13.0. The lowest BCUT2D eigenvalue weighted by molar-refractivity contribution is -0.247. The predicted octanol–water partition coefficient (Wildman–Crippen LogP) is 3.04. The molecule has 1 saturated heterocycles. The van der Waals surface area contributed by atoms with Crippen LogP contribution in [0.1, 0.15) is 26.7 Å². The first kappa shape index (κ1) is 13.0. The van der Waals surface area contributed by atoms with E-state index in [-0.39, 0.29) is 17.7 Å². The SMILES string of the molecule is CC1(C)OCC(CC2=CCC=C(F)C=C2)C(=O)O1. The van der Waals surface area contributed by atoms with E-state index in [1.165, 1.54) is 12.2 Å². The van der Waals surface area contributed by atoms with E-state index in [9.17, 15) is 9.18 Å².